The highest BCUT2D eigenvalue weighted by Crippen LogP contribution is 2.26. The van der Waals surface area contributed by atoms with E-state index in [2.05, 4.69) is 0 Å². The number of halogens is 2. The highest BCUT2D eigenvalue weighted by molar-refractivity contribution is 6.00. The summed E-state index contributed by atoms with van der Waals surface area (Å²) in [6.45, 7) is 1.51. The van der Waals surface area contributed by atoms with Crippen LogP contribution >= 0.6 is 0 Å². The van der Waals surface area contributed by atoms with E-state index in [0.29, 0.717) is 23.8 Å². The molecule has 0 aliphatic heterocycles. The third-order valence-corrected chi connectivity index (χ3v) is 4.11. The highest BCUT2D eigenvalue weighted by atomic mass is 19.1. The van der Waals surface area contributed by atoms with Gasteiger partial charge in [0.15, 0.2) is 11.9 Å². The second-order valence-electron chi connectivity index (χ2n) is 5.84. The highest BCUT2D eigenvalue weighted by Gasteiger charge is 2.22. The lowest BCUT2D eigenvalue weighted by Gasteiger charge is -2.18. The van der Waals surface area contributed by atoms with Crippen molar-refractivity contribution in [1.29, 1.82) is 0 Å². The Labute approximate surface area is 138 Å². The quantitative estimate of drug-likeness (QED) is 0.792. The van der Waals surface area contributed by atoms with Crippen LogP contribution in [0.4, 0.5) is 8.78 Å². The number of aryl methyl sites for hydroxylation is 1. The fourth-order valence-corrected chi connectivity index (χ4v) is 2.86. The first-order valence-electron chi connectivity index (χ1n) is 7.78. The standard InChI is InChI=1S/C19H16F2O3/c1-11(19(23)16-7-5-13(20)10-17(16)21)24-14-6-8-15-12(9-14)3-2-4-18(15)22/h5-11H,2-4H2,1H3/t11-/m0/s1. The minimum atomic E-state index is -0.928. The molecule has 1 aliphatic carbocycles. The van der Waals surface area contributed by atoms with Gasteiger partial charge in [0.1, 0.15) is 17.4 Å². The van der Waals surface area contributed by atoms with Crippen LogP contribution in [-0.2, 0) is 6.42 Å². The van der Waals surface area contributed by atoms with Crippen LogP contribution in [0.2, 0.25) is 0 Å². The van der Waals surface area contributed by atoms with E-state index in [-0.39, 0.29) is 11.3 Å². The molecule has 1 atom stereocenters. The van der Waals surface area contributed by atoms with Gasteiger partial charge in [-0.3, -0.25) is 9.59 Å². The summed E-state index contributed by atoms with van der Waals surface area (Å²) in [6, 6.07) is 7.89. The van der Waals surface area contributed by atoms with E-state index < -0.39 is 23.5 Å². The Hall–Kier alpha value is -2.56. The third kappa shape index (κ3) is 3.20. The van der Waals surface area contributed by atoms with Crippen molar-refractivity contribution in [3.63, 3.8) is 0 Å². The molecule has 124 valence electrons. The molecular weight excluding hydrogens is 314 g/mol. The summed E-state index contributed by atoms with van der Waals surface area (Å²) >= 11 is 0. The summed E-state index contributed by atoms with van der Waals surface area (Å²) in [5.41, 5.74) is 1.38. The number of ether oxygens (including phenoxy) is 1. The molecule has 0 bridgehead atoms. The Morgan fingerprint density at radius 2 is 1.92 bits per heavy atom. The van der Waals surface area contributed by atoms with Gasteiger partial charge in [-0.2, -0.15) is 0 Å². The van der Waals surface area contributed by atoms with Crippen LogP contribution in [0.1, 0.15) is 46.0 Å². The van der Waals surface area contributed by atoms with Crippen molar-refractivity contribution in [1.82, 2.24) is 0 Å². The second-order valence-corrected chi connectivity index (χ2v) is 5.84. The Kier molecular flexibility index (Phi) is 4.42. The SMILES string of the molecule is C[C@H](Oc1ccc2c(c1)CCCC2=O)C(=O)c1ccc(F)cc1F. The molecule has 0 saturated heterocycles. The maximum Gasteiger partial charge on any atom is 0.205 e. The van der Waals surface area contributed by atoms with Crippen LogP contribution < -0.4 is 4.74 Å². The first-order valence-corrected chi connectivity index (χ1v) is 7.78. The zero-order valence-corrected chi connectivity index (χ0v) is 13.1. The lowest BCUT2D eigenvalue weighted by atomic mass is 9.90. The predicted octanol–water partition coefficient (Wildman–Crippen LogP) is 4.13. The molecule has 3 nitrogen and oxygen atoms in total. The van der Waals surface area contributed by atoms with E-state index in [1.165, 1.54) is 6.92 Å². The van der Waals surface area contributed by atoms with Gasteiger partial charge in [-0.05, 0) is 55.7 Å². The van der Waals surface area contributed by atoms with Gasteiger partial charge in [0, 0.05) is 18.1 Å². The smallest absolute Gasteiger partial charge is 0.205 e. The van der Waals surface area contributed by atoms with Crippen molar-refractivity contribution in [3.8, 4) is 5.75 Å². The number of carbonyl (C=O) groups is 2. The van der Waals surface area contributed by atoms with E-state index >= 15 is 0 Å². The molecule has 2 aromatic rings. The second kappa shape index (κ2) is 6.51. The first kappa shape index (κ1) is 16.3. The molecule has 2 aromatic carbocycles. The van der Waals surface area contributed by atoms with Crippen LogP contribution in [0.25, 0.3) is 0 Å². The summed E-state index contributed by atoms with van der Waals surface area (Å²) in [5, 5.41) is 0. The molecule has 0 spiro atoms. The zero-order valence-electron chi connectivity index (χ0n) is 13.1. The van der Waals surface area contributed by atoms with E-state index in [1.54, 1.807) is 18.2 Å². The van der Waals surface area contributed by atoms with E-state index in [0.717, 1.165) is 30.5 Å². The van der Waals surface area contributed by atoms with Gasteiger partial charge in [0.2, 0.25) is 5.78 Å². The number of benzene rings is 2. The van der Waals surface area contributed by atoms with E-state index in [4.69, 9.17) is 4.74 Å². The van der Waals surface area contributed by atoms with Crippen molar-refractivity contribution in [2.24, 2.45) is 0 Å². The maximum absolute atomic E-state index is 13.7. The first-order chi connectivity index (χ1) is 11.5. The number of Topliss-reactive ketones (excluding diaryl/α,β-unsaturated/α-hetero) is 2. The molecule has 0 saturated carbocycles. The number of fused-ring (bicyclic) bond motifs is 1. The fourth-order valence-electron chi connectivity index (χ4n) is 2.86. The van der Waals surface area contributed by atoms with Gasteiger partial charge in [0.05, 0.1) is 5.56 Å². The molecule has 3 rings (SSSR count). The summed E-state index contributed by atoms with van der Waals surface area (Å²) in [6.07, 6.45) is 1.20. The number of rotatable bonds is 4. The van der Waals surface area contributed by atoms with Crippen LogP contribution in [0.15, 0.2) is 36.4 Å². The number of carbonyl (C=O) groups excluding carboxylic acids is 2. The van der Waals surface area contributed by atoms with Crippen LogP contribution in [-0.4, -0.2) is 17.7 Å². The van der Waals surface area contributed by atoms with Crippen molar-refractivity contribution in [2.45, 2.75) is 32.3 Å². The van der Waals surface area contributed by atoms with Gasteiger partial charge in [-0.1, -0.05) is 0 Å². The predicted molar refractivity (Wildman–Crippen MR) is 84.5 cm³/mol. The lowest BCUT2D eigenvalue weighted by molar-refractivity contribution is 0.0812. The zero-order chi connectivity index (χ0) is 17.3. The number of ketones is 2. The maximum atomic E-state index is 13.7. The molecule has 0 aromatic heterocycles. The normalized spacial score (nSPS) is 14.9. The summed E-state index contributed by atoms with van der Waals surface area (Å²) in [5.74, 6) is -1.66. The average molecular weight is 330 g/mol. The summed E-state index contributed by atoms with van der Waals surface area (Å²) in [7, 11) is 0. The fraction of sp³-hybridized carbons (Fsp3) is 0.263. The van der Waals surface area contributed by atoms with Crippen molar-refractivity contribution >= 4 is 11.6 Å². The summed E-state index contributed by atoms with van der Waals surface area (Å²) in [4.78, 5) is 24.1. The van der Waals surface area contributed by atoms with Crippen LogP contribution in [0.5, 0.6) is 5.75 Å². The molecule has 0 N–H and O–H groups in total. The Balaban J connectivity index is 1.78. The minimum Gasteiger partial charge on any atom is -0.483 e. The third-order valence-electron chi connectivity index (χ3n) is 4.11. The molecule has 0 amide bonds. The number of hydrogen-bond acceptors (Lipinski definition) is 3. The molecule has 0 radical (unpaired) electrons. The van der Waals surface area contributed by atoms with Crippen molar-refractivity contribution in [3.05, 3.63) is 64.7 Å². The minimum absolute atomic E-state index is 0.111. The van der Waals surface area contributed by atoms with Gasteiger partial charge >= 0.3 is 0 Å². The summed E-state index contributed by atoms with van der Waals surface area (Å²) < 4.78 is 32.3. The molecule has 5 heteroatoms. The Bertz CT molecular complexity index is 814. The largest absolute Gasteiger partial charge is 0.483 e. The molecule has 1 aliphatic rings. The van der Waals surface area contributed by atoms with Gasteiger partial charge in [-0.25, -0.2) is 8.78 Å². The lowest BCUT2D eigenvalue weighted by Crippen LogP contribution is -2.25. The van der Waals surface area contributed by atoms with Crippen LogP contribution in [0, 0.1) is 11.6 Å². The van der Waals surface area contributed by atoms with Crippen LogP contribution in [0.3, 0.4) is 0 Å². The van der Waals surface area contributed by atoms with Gasteiger partial charge < -0.3 is 4.74 Å². The Morgan fingerprint density at radius 1 is 1.12 bits per heavy atom. The van der Waals surface area contributed by atoms with Crippen molar-refractivity contribution < 1.29 is 23.1 Å². The van der Waals surface area contributed by atoms with E-state index in [1.807, 2.05) is 0 Å². The van der Waals surface area contributed by atoms with Gasteiger partial charge in [-0.15, -0.1) is 0 Å². The molecule has 0 fully saturated rings. The molecular formula is C19H16F2O3. The van der Waals surface area contributed by atoms with E-state index in [9.17, 15) is 18.4 Å². The Morgan fingerprint density at radius 3 is 2.67 bits per heavy atom. The average Bonchev–Trinajstić information content (AvgIpc) is 2.54. The van der Waals surface area contributed by atoms with Crippen molar-refractivity contribution in [2.75, 3.05) is 0 Å². The monoisotopic (exact) mass is 330 g/mol. The molecule has 0 heterocycles. The van der Waals surface area contributed by atoms with Gasteiger partial charge in [0.25, 0.3) is 0 Å². The molecule has 24 heavy (non-hydrogen) atoms. The molecule has 0 unspecified atom stereocenters. The number of hydrogen-bond donors (Lipinski definition) is 0. The topological polar surface area (TPSA) is 43.4 Å².